The lowest BCUT2D eigenvalue weighted by atomic mass is 10.4. The van der Waals surface area contributed by atoms with Crippen molar-refractivity contribution in [3.63, 3.8) is 0 Å². The Morgan fingerprint density at radius 2 is 2.21 bits per heavy atom. The fraction of sp³-hybridized carbons (Fsp3) is 0.636. The molecule has 108 valence electrons. The first-order valence-corrected chi connectivity index (χ1v) is 5.88. The zero-order valence-electron chi connectivity index (χ0n) is 10.5. The van der Waals surface area contributed by atoms with Gasteiger partial charge >= 0.3 is 6.18 Å². The van der Waals surface area contributed by atoms with Crippen LogP contribution in [0.4, 0.5) is 18.9 Å². The van der Waals surface area contributed by atoms with Crippen molar-refractivity contribution in [2.45, 2.75) is 26.1 Å². The number of alkyl halides is 3. The molecule has 5 nitrogen and oxygen atoms in total. The standard InChI is InChI=1S/C11H16F3N3O2/c1-2-15-9-6-10(18)17(16-7-9)4-3-5-19-8-11(12,13)14/h6-7,15H,2-5,8H2,1H3. The highest BCUT2D eigenvalue weighted by Crippen LogP contribution is 2.14. The quantitative estimate of drug-likeness (QED) is 0.771. The third-order valence-electron chi connectivity index (χ3n) is 2.17. The Balaban J connectivity index is 2.36. The highest BCUT2D eigenvalue weighted by Gasteiger charge is 2.27. The lowest BCUT2D eigenvalue weighted by Crippen LogP contribution is -2.24. The zero-order valence-corrected chi connectivity index (χ0v) is 10.5. The summed E-state index contributed by atoms with van der Waals surface area (Å²) in [5, 5.41) is 6.85. The number of rotatable bonds is 7. The van der Waals surface area contributed by atoms with Crippen molar-refractivity contribution in [3.05, 3.63) is 22.6 Å². The van der Waals surface area contributed by atoms with Crippen LogP contribution in [-0.2, 0) is 11.3 Å². The van der Waals surface area contributed by atoms with E-state index >= 15 is 0 Å². The van der Waals surface area contributed by atoms with Crippen molar-refractivity contribution in [2.75, 3.05) is 25.1 Å². The topological polar surface area (TPSA) is 56.1 Å². The maximum Gasteiger partial charge on any atom is 0.411 e. The van der Waals surface area contributed by atoms with Crippen LogP contribution in [0.1, 0.15) is 13.3 Å². The molecule has 0 aromatic carbocycles. The van der Waals surface area contributed by atoms with Crippen LogP contribution >= 0.6 is 0 Å². The van der Waals surface area contributed by atoms with Crippen molar-refractivity contribution in [1.29, 1.82) is 0 Å². The number of nitrogens with zero attached hydrogens (tertiary/aromatic N) is 2. The van der Waals surface area contributed by atoms with E-state index in [2.05, 4.69) is 15.2 Å². The number of aryl methyl sites for hydroxylation is 1. The molecule has 0 saturated heterocycles. The SMILES string of the molecule is CCNc1cnn(CCCOCC(F)(F)F)c(=O)c1. The Bertz CT molecular complexity index is 446. The number of hydrogen-bond donors (Lipinski definition) is 1. The van der Waals surface area contributed by atoms with Crippen molar-refractivity contribution in [1.82, 2.24) is 9.78 Å². The molecule has 0 aliphatic rings. The summed E-state index contributed by atoms with van der Waals surface area (Å²) in [6.45, 7) is 1.46. The Morgan fingerprint density at radius 3 is 2.79 bits per heavy atom. The number of halogens is 3. The van der Waals surface area contributed by atoms with Gasteiger partial charge in [0.05, 0.1) is 11.9 Å². The van der Waals surface area contributed by atoms with Crippen LogP contribution in [0.2, 0.25) is 0 Å². The third-order valence-corrected chi connectivity index (χ3v) is 2.17. The van der Waals surface area contributed by atoms with Gasteiger partial charge in [0.2, 0.25) is 0 Å². The summed E-state index contributed by atoms with van der Waals surface area (Å²) in [6.07, 6.45) is -2.52. The average Bonchev–Trinajstić information content (AvgIpc) is 2.30. The molecule has 0 aliphatic carbocycles. The average molecular weight is 279 g/mol. The Labute approximate surface area is 108 Å². The van der Waals surface area contributed by atoms with Gasteiger partial charge in [-0.25, -0.2) is 4.68 Å². The van der Waals surface area contributed by atoms with Crippen molar-refractivity contribution < 1.29 is 17.9 Å². The monoisotopic (exact) mass is 279 g/mol. The van der Waals surface area contributed by atoms with E-state index in [4.69, 9.17) is 0 Å². The summed E-state index contributed by atoms with van der Waals surface area (Å²) >= 11 is 0. The van der Waals surface area contributed by atoms with Crippen LogP contribution in [0.25, 0.3) is 0 Å². The molecule has 0 amide bonds. The molecular formula is C11H16F3N3O2. The van der Waals surface area contributed by atoms with Crippen LogP contribution in [0.3, 0.4) is 0 Å². The third kappa shape index (κ3) is 6.23. The summed E-state index contributed by atoms with van der Waals surface area (Å²) in [5.41, 5.74) is 0.325. The Kier molecular flexibility index (Phi) is 5.81. The summed E-state index contributed by atoms with van der Waals surface area (Å²) in [6, 6.07) is 1.40. The molecule has 1 aromatic rings. The first-order valence-electron chi connectivity index (χ1n) is 5.88. The van der Waals surface area contributed by atoms with E-state index < -0.39 is 12.8 Å². The molecule has 0 atom stereocenters. The second-order valence-corrected chi connectivity index (χ2v) is 3.86. The van der Waals surface area contributed by atoms with Gasteiger partial charge < -0.3 is 10.1 Å². The second-order valence-electron chi connectivity index (χ2n) is 3.86. The maximum absolute atomic E-state index is 11.8. The van der Waals surface area contributed by atoms with Gasteiger partial charge in [-0.3, -0.25) is 4.79 Å². The molecule has 1 heterocycles. The summed E-state index contributed by atoms with van der Waals surface area (Å²) in [5.74, 6) is 0. The molecule has 0 aliphatic heterocycles. The van der Waals surface area contributed by atoms with Gasteiger partial charge in [-0.2, -0.15) is 18.3 Å². The fourth-order valence-electron chi connectivity index (χ4n) is 1.41. The van der Waals surface area contributed by atoms with E-state index in [0.717, 1.165) is 0 Å². The molecule has 0 spiro atoms. The van der Waals surface area contributed by atoms with Crippen LogP contribution in [0.5, 0.6) is 0 Å². The van der Waals surface area contributed by atoms with Crippen LogP contribution in [0, 0.1) is 0 Å². The zero-order chi connectivity index (χ0) is 14.3. The van der Waals surface area contributed by atoms with Crippen LogP contribution in [-0.4, -0.2) is 35.7 Å². The molecule has 1 rings (SSSR count). The van der Waals surface area contributed by atoms with Gasteiger partial charge in [0.1, 0.15) is 6.61 Å². The molecule has 1 N–H and O–H groups in total. The molecule has 0 bridgehead atoms. The number of aromatic nitrogens is 2. The van der Waals surface area contributed by atoms with Crippen molar-refractivity contribution >= 4 is 5.69 Å². The van der Waals surface area contributed by atoms with Crippen molar-refractivity contribution in [3.8, 4) is 0 Å². The summed E-state index contributed by atoms with van der Waals surface area (Å²) in [4.78, 5) is 11.6. The molecular weight excluding hydrogens is 263 g/mol. The van der Waals surface area contributed by atoms with Gasteiger partial charge in [0.25, 0.3) is 5.56 Å². The molecule has 1 aromatic heterocycles. The second kappa shape index (κ2) is 7.13. The van der Waals surface area contributed by atoms with Gasteiger partial charge in [-0.15, -0.1) is 0 Å². The lowest BCUT2D eigenvalue weighted by molar-refractivity contribution is -0.174. The highest BCUT2D eigenvalue weighted by molar-refractivity contribution is 5.38. The van der Waals surface area contributed by atoms with Gasteiger partial charge in [-0.05, 0) is 13.3 Å². The predicted molar refractivity (Wildman–Crippen MR) is 64.2 cm³/mol. The minimum absolute atomic E-state index is 0.0669. The fourth-order valence-corrected chi connectivity index (χ4v) is 1.41. The highest BCUT2D eigenvalue weighted by atomic mass is 19.4. The van der Waals surface area contributed by atoms with E-state index in [9.17, 15) is 18.0 Å². The van der Waals surface area contributed by atoms with Gasteiger partial charge in [-0.1, -0.05) is 0 Å². The molecule has 19 heavy (non-hydrogen) atoms. The number of anilines is 1. The summed E-state index contributed by atoms with van der Waals surface area (Å²) < 4.78 is 41.0. The van der Waals surface area contributed by atoms with Gasteiger partial charge in [0.15, 0.2) is 0 Å². The first kappa shape index (κ1) is 15.5. The van der Waals surface area contributed by atoms with E-state index in [1.54, 1.807) is 0 Å². The molecule has 0 unspecified atom stereocenters. The maximum atomic E-state index is 11.8. The smallest absolute Gasteiger partial charge is 0.384 e. The van der Waals surface area contributed by atoms with E-state index in [1.165, 1.54) is 16.9 Å². The Hall–Kier alpha value is -1.57. The largest absolute Gasteiger partial charge is 0.411 e. The van der Waals surface area contributed by atoms with E-state index in [1.807, 2.05) is 6.92 Å². The lowest BCUT2D eigenvalue weighted by Gasteiger charge is -2.08. The van der Waals surface area contributed by atoms with E-state index in [0.29, 0.717) is 18.7 Å². The first-order chi connectivity index (χ1) is 8.92. The molecule has 0 saturated carbocycles. The Morgan fingerprint density at radius 1 is 1.47 bits per heavy atom. The minimum atomic E-state index is -4.32. The molecule has 0 fully saturated rings. The van der Waals surface area contributed by atoms with Gasteiger partial charge in [0, 0.05) is 25.8 Å². The number of ether oxygens (including phenoxy) is 1. The van der Waals surface area contributed by atoms with Crippen molar-refractivity contribution in [2.24, 2.45) is 0 Å². The number of hydrogen-bond acceptors (Lipinski definition) is 4. The minimum Gasteiger partial charge on any atom is -0.384 e. The number of nitrogens with one attached hydrogen (secondary N) is 1. The van der Waals surface area contributed by atoms with E-state index in [-0.39, 0.29) is 18.7 Å². The summed E-state index contributed by atoms with van der Waals surface area (Å²) in [7, 11) is 0. The molecule has 8 heteroatoms. The van der Waals surface area contributed by atoms with Crippen LogP contribution < -0.4 is 10.9 Å². The van der Waals surface area contributed by atoms with Crippen LogP contribution in [0.15, 0.2) is 17.1 Å². The predicted octanol–water partition coefficient (Wildman–Crippen LogP) is 1.64. The normalized spacial score (nSPS) is 11.6. The molecule has 0 radical (unpaired) electrons.